The van der Waals surface area contributed by atoms with Crippen LogP contribution in [-0.4, -0.2) is 30.6 Å². The van der Waals surface area contributed by atoms with E-state index in [4.69, 9.17) is 5.73 Å². The standard InChI is InChI=1S/C10H20N2/c11-8-10(7-9-3-4-9)12-5-1-2-6-12/h9-10H,1-8,11H2. The molecule has 0 aromatic heterocycles. The molecule has 1 aliphatic heterocycles. The monoisotopic (exact) mass is 168 g/mol. The van der Waals surface area contributed by atoms with Gasteiger partial charge in [0, 0.05) is 12.6 Å². The van der Waals surface area contributed by atoms with Crippen LogP contribution >= 0.6 is 0 Å². The van der Waals surface area contributed by atoms with Crippen molar-refractivity contribution in [2.24, 2.45) is 11.7 Å². The Labute approximate surface area is 75.1 Å². The average Bonchev–Trinajstić information content (AvgIpc) is 2.74. The smallest absolute Gasteiger partial charge is 0.0221 e. The first-order valence-electron chi connectivity index (χ1n) is 5.34. The van der Waals surface area contributed by atoms with Crippen LogP contribution in [0, 0.1) is 5.92 Å². The molecule has 12 heavy (non-hydrogen) atoms. The molecule has 70 valence electrons. The summed E-state index contributed by atoms with van der Waals surface area (Å²) in [5.74, 6) is 1.03. The zero-order chi connectivity index (χ0) is 8.39. The third-order valence-electron chi connectivity index (χ3n) is 3.23. The second-order valence-electron chi connectivity index (χ2n) is 4.31. The average molecular weight is 168 g/mol. The van der Waals surface area contributed by atoms with Gasteiger partial charge in [0.1, 0.15) is 0 Å². The van der Waals surface area contributed by atoms with Crippen LogP contribution in [0.15, 0.2) is 0 Å². The van der Waals surface area contributed by atoms with Crippen molar-refractivity contribution in [3.05, 3.63) is 0 Å². The molecule has 0 amide bonds. The van der Waals surface area contributed by atoms with Gasteiger partial charge in [-0.25, -0.2) is 0 Å². The molecule has 2 heteroatoms. The molecule has 1 aliphatic carbocycles. The lowest BCUT2D eigenvalue weighted by molar-refractivity contribution is 0.228. The first-order valence-corrected chi connectivity index (χ1v) is 5.34. The van der Waals surface area contributed by atoms with E-state index in [1.165, 1.54) is 45.2 Å². The van der Waals surface area contributed by atoms with Crippen molar-refractivity contribution in [3.8, 4) is 0 Å². The normalized spacial score (nSPS) is 27.8. The van der Waals surface area contributed by atoms with Crippen molar-refractivity contribution in [1.29, 1.82) is 0 Å². The fourth-order valence-corrected chi connectivity index (χ4v) is 2.24. The Morgan fingerprint density at radius 2 is 1.92 bits per heavy atom. The third-order valence-corrected chi connectivity index (χ3v) is 3.23. The van der Waals surface area contributed by atoms with Gasteiger partial charge in [0.25, 0.3) is 0 Å². The molecule has 0 bridgehead atoms. The van der Waals surface area contributed by atoms with Crippen LogP contribution in [-0.2, 0) is 0 Å². The minimum absolute atomic E-state index is 0.708. The highest BCUT2D eigenvalue weighted by molar-refractivity contribution is 4.84. The second kappa shape index (κ2) is 3.75. The summed E-state index contributed by atoms with van der Waals surface area (Å²) in [4.78, 5) is 2.60. The summed E-state index contributed by atoms with van der Waals surface area (Å²) in [7, 11) is 0. The van der Waals surface area contributed by atoms with Gasteiger partial charge < -0.3 is 5.73 Å². The van der Waals surface area contributed by atoms with Crippen molar-refractivity contribution in [1.82, 2.24) is 4.90 Å². The minimum atomic E-state index is 0.708. The predicted molar refractivity (Wildman–Crippen MR) is 51.0 cm³/mol. The molecule has 1 atom stereocenters. The van der Waals surface area contributed by atoms with Gasteiger partial charge in [-0.1, -0.05) is 12.8 Å². The third kappa shape index (κ3) is 1.99. The minimum Gasteiger partial charge on any atom is -0.329 e. The maximum Gasteiger partial charge on any atom is 0.0221 e. The Morgan fingerprint density at radius 3 is 2.42 bits per heavy atom. The molecule has 2 aliphatic rings. The maximum atomic E-state index is 5.79. The molecule has 2 rings (SSSR count). The Kier molecular flexibility index (Phi) is 2.66. The van der Waals surface area contributed by atoms with Crippen molar-refractivity contribution in [2.45, 2.75) is 38.1 Å². The summed E-state index contributed by atoms with van der Waals surface area (Å²) < 4.78 is 0. The first kappa shape index (κ1) is 8.52. The van der Waals surface area contributed by atoms with Crippen LogP contribution < -0.4 is 5.73 Å². The van der Waals surface area contributed by atoms with Gasteiger partial charge in [-0.15, -0.1) is 0 Å². The van der Waals surface area contributed by atoms with E-state index in [0.717, 1.165) is 12.5 Å². The maximum absolute atomic E-state index is 5.79. The van der Waals surface area contributed by atoms with Crippen molar-refractivity contribution >= 4 is 0 Å². The SMILES string of the molecule is NCC(CC1CC1)N1CCCC1. The van der Waals surface area contributed by atoms with Gasteiger partial charge in [-0.05, 0) is 38.3 Å². The van der Waals surface area contributed by atoms with Crippen molar-refractivity contribution < 1.29 is 0 Å². The van der Waals surface area contributed by atoms with Gasteiger partial charge in [0.15, 0.2) is 0 Å². The Bertz CT molecular complexity index is 137. The fraction of sp³-hybridized carbons (Fsp3) is 1.00. The summed E-state index contributed by atoms with van der Waals surface area (Å²) in [5.41, 5.74) is 5.79. The quantitative estimate of drug-likeness (QED) is 0.683. The fourth-order valence-electron chi connectivity index (χ4n) is 2.24. The molecule has 2 fully saturated rings. The topological polar surface area (TPSA) is 29.3 Å². The Balaban J connectivity index is 1.78. The number of nitrogens with two attached hydrogens (primary N) is 1. The Hall–Kier alpha value is -0.0800. The predicted octanol–water partition coefficient (Wildman–Crippen LogP) is 1.21. The largest absolute Gasteiger partial charge is 0.329 e. The summed E-state index contributed by atoms with van der Waals surface area (Å²) in [6.07, 6.45) is 7.08. The van der Waals surface area contributed by atoms with Gasteiger partial charge in [0.2, 0.25) is 0 Å². The molecule has 0 radical (unpaired) electrons. The highest BCUT2D eigenvalue weighted by Crippen LogP contribution is 2.34. The molecule has 1 saturated carbocycles. The number of hydrogen-bond acceptors (Lipinski definition) is 2. The van der Waals surface area contributed by atoms with E-state index in [1.807, 2.05) is 0 Å². The molecule has 1 saturated heterocycles. The molecule has 0 aromatic rings. The summed E-state index contributed by atoms with van der Waals surface area (Å²) in [6, 6.07) is 0.708. The van der Waals surface area contributed by atoms with E-state index >= 15 is 0 Å². The Morgan fingerprint density at radius 1 is 1.25 bits per heavy atom. The number of hydrogen-bond donors (Lipinski definition) is 1. The van der Waals surface area contributed by atoms with E-state index in [1.54, 1.807) is 0 Å². The number of likely N-dealkylation sites (tertiary alicyclic amines) is 1. The van der Waals surface area contributed by atoms with E-state index in [9.17, 15) is 0 Å². The highest BCUT2D eigenvalue weighted by Gasteiger charge is 2.28. The van der Waals surface area contributed by atoms with Crippen LogP contribution in [0.2, 0.25) is 0 Å². The molecule has 1 unspecified atom stereocenters. The van der Waals surface area contributed by atoms with E-state index in [0.29, 0.717) is 6.04 Å². The lowest BCUT2D eigenvalue weighted by Gasteiger charge is -2.25. The lowest BCUT2D eigenvalue weighted by Crippen LogP contribution is -2.38. The number of nitrogens with zero attached hydrogens (tertiary/aromatic N) is 1. The van der Waals surface area contributed by atoms with Gasteiger partial charge in [0.05, 0.1) is 0 Å². The molecule has 0 aromatic carbocycles. The molecular weight excluding hydrogens is 148 g/mol. The van der Waals surface area contributed by atoms with E-state index in [2.05, 4.69) is 4.90 Å². The summed E-state index contributed by atoms with van der Waals surface area (Å²) >= 11 is 0. The number of rotatable bonds is 4. The zero-order valence-electron chi connectivity index (χ0n) is 7.84. The van der Waals surface area contributed by atoms with E-state index < -0.39 is 0 Å². The van der Waals surface area contributed by atoms with Crippen LogP contribution in [0.3, 0.4) is 0 Å². The van der Waals surface area contributed by atoms with Crippen LogP contribution in [0.5, 0.6) is 0 Å². The van der Waals surface area contributed by atoms with Crippen molar-refractivity contribution in [2.75, 3.05) is 19.6 Å². The van der Waals surface area contributed by atoms with Gasteiger partial charge in [-0.2, -0.15) is 0 Å². The molecule has 0 spiro atoms. The lowest BCUT2D eigenvalue weighted by atomic mass is 10.1. The molecular formula is C10H20N2. The van der Waals surface area contributed by atoms with Crippen molar-refractivity contribution in [3.63, 3.8) is 0 Å². The van der Waals surface area contributed by atoms with Crippen LogP contribution in [0.1, 0.15) is 32.1 Å². The van der Waals surface area contributed by atoms with E-state index in [-0.39, 0.29) is 0 Å². The zero-order valence-corrected chi connectivity index (χ0v) is 7.84. The van der Waals surface area contributed by atoms with Crippen LogP contribution in [0.25, 0.3) is 0 Å². The first-order chi connectivity index (χ1) is 5.90. The van der Waals surface area contributed by atoms with Gasteiger partial charge in [-0.3, -0.25) is 4.90 Å². The molecule has 2 nitrogen and oxygen atoms in total. The molecule has 1 heterocycles. The van der Waals surface area contributed by atoms with Crippen LogP contribution in [0.4, 0.5) is 0 Å². The second-order valence-corrected chi connectivity index (χ2v) is 4.31. The summed E-state index contributed by atoms with van der Waals surface area (Å²) in [5, 5.41) is 0. The highest BCUT2D eigenvalue weighted by atomic mass is 15.2. The molecule has 2 N–H and O–H groups in total. The summed E-state index contributed by atoms with van der Waals surface area (Å²) in [6.45, 7) is 3.47. The van der Waals surface area contributed by atoms with Gasteiger partial charge >= 0.3 is 0 Å².